The molecular formula is C14H17N3O. The third-order valence-corrected chi connectivity index (χ3v) is 3.32. The molecule has 1 aliphatic rings. The van der Waals surface area contributed by atoms with Gasteiger partial charge in [0.2, 0.25) is 5.91 Å². The molecule has 1 aromatic carbocycles. The maximum atomic E-state index is 12.0. The Morgan fingerprint density at radius 1 is 1.39 bits per heavy atom. The van der Waals surface area contributed by atoms with Gasteiger partial charge in [-0.15, -0.1) is 0 Å². The first-order valence-electron chi connectivity index (χ1n) is 6.12. The number of rotatable bonds is 2. The highest BCUT2D eigenvalue weighted by atomic mass is 16.2. The van der Waals surface area contributed by atoms with E-state index in [1.165, 1.54) is 0 Å². The topological polar surface area (TPSA) is 47.3 Å². The highest BCUT2D eigenvalue weighted by Crippen LogP contribution is 2.25. The van der Waals surface area contributed by atoms with Crippen LogP contribution in [0, 0.1) is 11.3 Å². The number of carbonyl (C=O) groups excluding carboxylic acids is 1. The first kappa shape index (κ1) is 12.6. The van der Waals surface area contributed by atoms with Crippen LogP contribution in [0.4, 0.5) is 0 Å². The third-order valence-electron chi connectivity index (χ3n) is 3.32. The summed E-state index contributed by atoms with van der Waals surface area (Å²) in [7, 11) is 2.06. The molecule has 1 amide bonds. The van der Waals surface area contributed by atoms with Crippen LogP contribution in [-0.2, 0) is 4.79 Å². The summed E-state index contributed by atoms with van der Waals surface area (Å²) in [6, 6.07) is 12.0. The van der Waals surface area contributed by atoms with Crippen molar-refractivity contribution >= 4 is 5.91 Å². The number of hydrogen-bond donors (Lipinski definition) is 0. The summed E-state index contributed by atoms with van der Waals surface area (Å²) in [6.45, 7) is 2.37. The van der Waals surface area contributed by atoms with Gasteiger partial charge < -0.3 is 9.80 Å². The van der Waals surface area contributed by atoms with Gasteiger partial charge in [0.25, 0.3) is 0 Å². The van der Waals surface area contributed by atoms with Crippen LogP contribution in [0.3, 0.4) is 0 Å². The molecule has 18 heavy (non-hydrogen) atoms. The number of likely N-dealkylation sites (N-methyl/N-ethyl adjacent to an activating group) is 1. The zero-order valence-corrected chi connectivity index (χ0v) is 10.5. The fourth-order valence-corrected chi connectivity index (χ4v) is 2.35. The second-order valence-electron chi connectivity index (χ2n) is 4.61. The zero-order chi connectivity index (χ0) is 13.0. The third kappa shape index (κ3) is 2.69. The number of piperazine rings is 1. The minimum absolute atomic E-state index is 0.0347. The van der Waals surface area contributed by atoms with Gasteiger partial charge in [-0.1, -0.05) is 30.3 Å². The Kier molecular flexibility index (Phi) is 3.96. The van der Waals surface area contributed by atoms with Crippen LogP contribution in [-0.4, -0.2) is 42.4 Å². The lowest BCUT2D eigenvalue weighted by Gasteiger charge is -2.40. The Morgan fingerprint density at radius 2 is 2.11 bits per heavy atom. The lowest BCUT2D eigenvalue weighted by Crippen LogP contribution is -2.49. The molecule has 0 aliphatic carbocycles. The number of hydrogen-bond acceptors (Lipinski definition) is 3. The van der Waals surface area contributed by atoms with E-state index < -0.39 is 0 Å². The fraction of sp³-hybridized carbons (Fsp3) is 0.429. The summed E-state index contributed by atoms with van der Waals surface area (Å²) >= 11 is 0. The molecule has 1 heterocycles. The van der Waals surface area contributed by atoms with Gasteiger partial charge in [-0.05, 0) is 12.6 Å². The molecule has 1 aromatic rings. The maximum absolute atomic E-state index is 12.0. The van der Waals surface area contributed by atoms with Crippen molar-refractivity contribution in [2.24, 2.45) is 0 Å². The predicted molar refractivity (Wildman–Crippen MR) is 68.6 cm³/mol. The van der Waals surface area contributed by atoms with Crippen LogP contribution in [0.25, 0.3) is 0 Å². The number of nitriles is 1. The van der Waals surface area contributed by atoms with Gasteiger partial charge in [0.1, 0.15) is 6.42 Å². The van der Waals surface area contributed by atoms with Crippen molar-refractivity contribution in [1.82, 2.24) is 9.80 Å². The standard InChI is InChI=1S/C14H17N3O/c1-16-9-10-17(14(18)7-8-15)13(11-16)12-5-3-2-4-6-12/h2-6,13H,7,9-11H2,1H3. The van der Waals surface area contributed by atoms with E-state index in [-0.39, 0.29) is 18.4 Å². The molecule has 0 bridgehead atoms. The molecular weight excluding hydrogens is 226 g/mol. The van der Waals surface area contributed by atoms with Crippen LogP contribution in [0.1, 0.15) is 18.0 Å². The van der Waals surface area contributed by atoms with E-state index in [1.54, 1.807) is 0 Å². The number of amides is 1. The molecule has 1 saturated heterocycles. The average Bonchev–Trinajstić information content (AvgIpc) is 2.40. The first-order valence-corrected chi connectivity index (χ1v) is 6.12. The minimum atomic E-state index is -0.0700. The van der Waals surface area contributed by atoms with Crippen LogP contribution in [0.15, 0.2) is 30.3 Å². The Bertz CT molecular complexity index is 452. The van der Waals surface area contributed by atoms with Gasteiger partial charge >= 0.3 is 0 Å². The van der Waals surface area contributed by atoms with Crippen molar-refractivity contribution in [1.29, 1.82) is 5.26 Å². The van der Waals surface area contributed by atoms with Crippen LogP contribution >= 0.6 is 0 Å². The Labute approximate surface area is 107 Å². The lowest BCUT2D eigenvalue weighted by molar-refractivity contribution is -0.135. The normalized spacial score (nSPS) is 20.4. The first-order chi connectivity index (χ1) is 8.72. The molecule has 2 rings (SSSR count). The summed E-state index contributed by atoms with van der Waals surface area (Å²) < 4.78 is 0. The van der Waals surface area contributed by atoms with E-state index in [9.17, 15) is 4.79 Å². The van der Waals surface area contributed by atoms with Gasteiger partial charge in [0.15, 0.2) is 0 Å². The molecule has 0 saturated carbocycles. The summed E-state index contributed by atoms with van der Waals surface area (Å²) in [4.78, 5) is 16.0. The van der Waals surface area contributed by atoms with Crippen LogP contribution in [0.2, 0.25) is 0 Å². The van der Waals surface area contributed by atoms with E-state index in [1.807, 2.05) is 41.3 Å². The molecule has 1 unspecified atom stereocenters. The van der Waals surface area contributed by atoms with Crippen LogP contribution in [0.5, 0.6) is 0 Å². The maximum Gasteiger partial charge on any atom is 0.237 e. The Morgan fingerprint density at radius 3 is 2.78 bits per heavy atom. The van der Waals surface area contributed by atoms with E-state index in [0.29, 0.717) is 6.54 Å². The highest BCUT2D eigenvalue weighted by Gasteiger charge is 2.29. The van der Waals surface area contributed by atoms with E-state index in [4.69, 9.17) is 5.26 Å². The number of benzene rings is 1. The average molecular weight is 243 g/mol. The summed E-state index contributed by atoms with van der Waals surface area (Å²) in [5, 5.41) is 8.67. The largest absolute Gasteiger partial charge is 0.332 e. The van der Waals surface area contributed by atoms with E-state index in [2.05, 4.69) is 11.9 Å². The Hall–Kier alpha value is -1.86. The molecule has 4 nitrogen and oxygen atoms in total. The second kappa shape index (κ2) is 5.65. The van der Waals surface area contributed by atoms with Crippen molar-refractivity contribution in [3.63, 3.8) is 0 Å². The quantitative estimate of drug-likeness (QED) is 0.789. The van der Waals surface area contributed by atoms with Crippen molar-refractivity contribution in [2.75, 3.05) is 26.7 Å². The summed E-state index contributed by atoms with van der Waals surface area (Å²) in [6.07, 6.45) is -0.0347. The lowest BCUT2D eigenvalue weighted by atomic mass is 10.0. The van der Waals surface area contributed by atoms with Gasteiger partial charge in [0.05, 0.1) is 12.1 Å². The fourth-order valence-electron chi connectivity index (χ4n) is 2.35. The highest BCUT2D eigenvalue weighted by molar-refractivity contribution is 5.79. The van der Waals surface area contributed by atoms with Crippen molar-refractivity contribution in [2.45, 2.75) is 12.5 Å². The molecule has 94 valence electrons. The zero-order valence-electron chi connectivity index (χ0n) is 10.5. The van der Waals surface area contributed by atoms with Crippen molar-refractivity contribution in [3.05, 3.63) is 35.9 Å². The molecule has 0 spiro atoms. The smallest absolute Gasteiger partial charge is 0.237 e. The molecule has 0 aromatic heterocycles. The SMILES string of the molecule is CN1CCN(C(=O)CC#N)C(c2ccccc2)C1. The van der Waals surface area contributed by atoms with Crippen molar-refractivity contribution < 1.29 is 4.79 Å². The summed E-state index contributed by atoms with van der Waals surface area (Å²) in [5.41, 5.74) is 1.13. The predicted octanol–water partition coefficient (Wildman–Crippen LogP) is 1.42. The van der Waals surface area contributed by atoms with Gasteiger partial charge in [0, 0.05) is 19.6 Å². The second-order valence-corrected chi connectivity index (χ2v) is 4.61. The monoisotopic (exact) mass is 243 g/mol. The molecule has 0 radical (unpaired) electrons. The van der Waals surface area contributed by atoms with Gasteiger partial charge in [-0.25, -0.2) is 0 Å². The summed E-state index contributed by atoms with van der Waals surface area (Å²) in [5.74, 6) is -0.0700. The molecule has 1 atom stereocenters. The molecule has 0 N–H and O–H groups in total. The van der Waals surface area contributed by atoms with Gasteiger partial charge in [-0.3, -0.25) is 4.79 Å². The Balaban J connectivity index is 2.22. The van der Waals surface area contributed by atoms with Crippen LogP contribution < -0.4 is 0 Å². The van der Waals surface area contributed by atoms with Crippen molar-refractivity contribution in [3.8, 4) is 6.07 Å². The van der Waals surface area contributed by atoms with E-state index >= 15 is 0 Å². The molecule has 1 fully saturated rings. The molecule has 4 heteroatoms. The van der Waals surface area contributed by atoms with Gasteiger partial charge in [-0.2, -0.15) is 5.26 Å². The number of nitrogens with zero attached hydrogens (tertiary/aromatic N) is 3. The number of carbonyl (C=O) groups is 1. The van der Waals surface area contributed by atoms with E-state index in [0.717, 1.165) is 18.7 Å². The molecule has 1 aliphatic heterocycles. The minimum Gasteiger partial charge on any atom is -0.332 e.